The number of aryl methyl sites for hydroxylation is 1. The SMILES string of the molecule is Cl.Nc1ccccc1CCCNc1ncc(C(F)(F)F)c(-c2ccncc2)n1. The van der Waals surface area contributed by atoms with Crippen molar-refractivity contribution in [1.82, 2.24) is 15.0 Å². The lowest BCUT2D eigenvalue weighted by Gasteiger charge is -2.13. The monoisotopic (exact) mass is 409 g/mol. The average Bonchev–Trinajstić information content (AvgIpc) is 2.66. The fraction of sp³-hybridized carbons (Fsp3) is 0.211. The Labute approximate surface area is 166 Å². The highest BCUT2D eigenvalue weighted by Gasteiger charge is 2.35. The lowest BCUT2D eigenvalue weighted by atomic mass is 10.1. The topological polar surface area (TPSA) is 76.7 Å². The summed E-state index contributed by atoms with van der Waals surface area (Å²) in [6.07, 6.45) is 0.604. The van der Waals surface area contributed by atoms with E-state index in [0.29, 0.717) is 12.1 Å². The number of para-hydroxylation sites is 1. The van der Waals surface area contributed by atoms with Crippen molar-refractivity contribution in [3.8, 4) is 11.3 Å². The van der Waals surface area contributed by atoms with E-state index < -0.39 is 11.7 Å². The number of aromatic nitrogens is 3. The molecule has 1 aromatic carbocycles. The molecule has 2 aromatic heterocycles. The molecule has 0 amide bonds. The van der Waals surface area contributed by atoms with Crippen LogP contribution in [0.2, 0.25) is 0 Å². The first-order valence-electron chi connectivity index (χ1n) is 8.37. The van der Waals surface area contributed by atoms with E-state index in [9.17, 15) is 13.2 Å². The summed E-state index contributed by atoms with van der Waals surface area (Å²) in [4.78, 5) is 11.7. The molecule has 0 aliphatic carbocycles. The van der Waals surface area contributed by atoms with Crippen LogP contribution in [0, 0.1) is 0 Å². The molecule has 3 aromatic rings. The van der Waals surface area contributed by atoms with Crippen molar-refractivity contribution < 1.29 is 13.2 Å². The molecule has 0 spiro atoms. The summed E-state index contributed by atoms with van der Waals surface area (Å²) in [6, 6.07) is 10.5. The second-order valence-electron chi connectivity index (χ2n) is 5.92. The Kier molecular flexibility index (Phi) is 7.17. The Morgan fingerprint density at radius 2 is 1.75 bits per heavy atom. The zero-order valence-electron chi connectivity index (χ0n) is 14.8. The molecule has 0 unspecified atom stereocenters. The maximum atomic E-state index is 13.3. The maximum absolute atomic E-state index is 13.3. The van der Waals surface area contributed by atoms with Gasteiger partial charge in [0.05, 0.1) is 5.69 Å². The molecule has 0 radical (unpaired) electrons. The number of hydrogen-bond acceptors (Lipinski definition) is 5. The first kappa shape index (κ1) is 21.4. The van der Waals surface area contributed by atoms with Gasteiger partial charge in [0.25, 0.3) is 0 Å². The second-order valence-corrected chi connectivity index (χ2v) is 5.92. The molecule has 0 saturated carbocycles. The smallest absolute Gasteiger partial charge is 0.399 e. The normalized spacial score (nSPS) is 11.0. The molecule has 0 fully saturated rings. The van der Waals surface area contributed by atoms with Crippen molar-refractivity contribution in [3.63, 3.8) is 0 Å². The van der Waals surface area contributed by atoms with Crippen LogP contribution in [0.15, 0.2) is 55.0 Å². The number of hydrogen-bond donors (Lipinski definition) is 2. The minimum atomic E-state index is -4.54. The van der Waals surface area contributed by atoms with Crippen LogP contribution in [-0.2, 0) is 12.6 Å². The summed E-state index contributed by atoms with van der Waals surface area (Å²) in [6.45, 7) is 0.509. The highest BCUT2D eigenvalue weighted by molar-refractivity contribution is 5.85. The molecule has 2 heterocycles. The van der Waals surface area contributed by atoms with E-state index in [-0.39, 0.29) is 24.0 Å². The first-order valence-corrected chi connectivity index (χ1v) is 8.37. The third-order valence-electron chi connectivity index (χ3n) is 4.01. The molecule has 0 bridgehead atoms. The maximum Gasteiger partial charge on any atom is 0.419 e. The Balaban J connectivity index is 0.00000280. The van der Waals surface area contributed by atoms with Gasteiger partial charge in [-0.1, -0.05) is 18.2 Å². The summed E-state index contributed by atoms with van der Waals surface area (Å²) in [5.74, 6) is 0.149. The molecule has 28 heavy (non-hydrogen) atoms. The second kappa shape index (κ2) is 9.36. The van der Waals surface area contributed by atoms with Gasteiger partial charge in [-0.15, -0.1) is 12.4 Å². The number of alkyl halides is 3. The van der Waals surface area contributed by atoms with Crippen LogP contribution in [0.25, 0.3) is 11.3 Å². The summed E-state index contributed by atoms with van der Waals surface area (Å²) in [7, 11) is 0. The lowest BCUT2D eigenvalue weighted by molar-refractivity contribution is -0.137. The number of pyridine rings is 1. The zero-order chi connectivity index (χ0) is 19.3. The van der Waals surface area contributed by atoms with Gasteiger partial charge in [0, 0.05) is 36.4 Å². The fourth-order valence-corrected chi connectivity index (χ4v) is 2.65. The summed E-state index contributed by atoms with van der Waals surface area (Å²) >= 11 is 0. The molecule has 3 N–H and O–H groups in total. The van der Waals surface area contributed by atoms with Gasteiger partial charge in [0.1, 0.15) is 5.56 Å². The van der Waals surface area contributed by atoms with E-state index >= 15 is 0 Å². The molecular weight excluding hydrogens is 391 g/mol. The van der Waals surface area contributed by atoms with Crippen molar-refractivity contribution in [2.24, 2.45) is 0 Å². The Morgan fingerprint density at radius 1 is 1.04 bits per heavy atom. The van der Waals surface area contributed by atoms with Crippen LogP contribution in [0.4, 0.5) is 24.8 Å². The number of benzene rings is 1. The predicted octanol–water partition coefficient (Wildman–Crippen LogP) is 4.61. The van der Waals surface area contributed by atoms with Gasteiger partial charge in [0.2, 0.25) is 5.95 Å². The minimum absolute atomic E-state index is 0. The van der Waals surface area contributed by atoms with Crippen LogP contribution in [0.3, 0.4) is 0 Å². The fourth-order valence-electron chi connectivity index (χ4n) is 2.65. The summed E-state index contributed by atoms with van der Waals surface area (Å²) in [5.41, 5.74) is 6.94. The third-order valence-corrected chi connectivity index (χ3v) is 4.01. The lowest BCUT2D eigenvalue weighted by Crippen LogP contribution is -2.13. The number of halogens is 4. The van der Waals surface area contributed by atoms with Gasteiger partial charge >= 0.3 is 6.18 Å². The molecule has 0 atom stereocenters. The molecule has 0 aliphatic rings. The van der Waals surface area contributed by atoms with E-state index in [1.165, 1.54) is 24.5 Å². The van der Waals surface area contributed by atoms with Crippen molar-refractivity contribution in [2.75, 3.05) is 17.6 Å². The van der Waals surface area contributed by atoms with Gasteiger partial charge in [-0.3, -0.25) is 4.98 Å². The molecule has 3 rings (SSSR count). The average molecular weight is 410 g/mol. The highest BCUT2D eigenvalue weighted by atomic mass is 35.5. The van der Waals surface area contributed by atoms with Crippen LogP contribution in [0.5, 0.6) is 0 Å². The third kappa shape index (κ3) is 5.32. The van der Waals surface area contributed by atoms with Gasteiger partial charge in [-0.2, -0.15) is 13.2 Å². The quantitative estimate of drug-likeness (QED) is 0.459. The largest absolute Gasteiger partial charge is 0.419 e. The van der Waals surface area contributed by atoms with Crippen molar-refractivity contribution >= 4 is 24.0 Å². The van der Waals surface area contributed by atoms with Crippen LogP contribution >= 0.6 is 12.4 Å². The van der Waals surface area contributed by atoms with Crippen molar-refractivity contribution in [1.29, 1.82) is 0 Å². The summed E-state index contributed by atoms with van der Waals surface area (Å²) in [5, 5.41) is 2.98. The zero-order valence-corrected chi connectivity index (χ0v) is 15.6. The molecule has 148 valence electrons. The van der Waals surface area contributed by atoms with Gasteiger partial charge in [-0.05, 0) is 36.6 Å². The van der Waals surface area contributed by atoms with E-state index in [1.807, 2.05) is 24.3 Å². The van der Waals surface area contributed by atoms with Crippen LogP contribution < -0.4 is 11.1 Å². The highest BCUT2D eigenvalue weighted by Crippen LogP contribution is 2.35. The Morgan fingerprint density at radius 3 is 2.43 bits per heavy atom. The Bertz CT molecular complexity index is 904. The summed E-state index contributed by atoms with van der Waals surface area (Å²) < 4.78 is 39.8. The predicted molar refractivity (Wildman–Crippen MR) is 105 cm³/mol. The van der Waals surface area contributed by atoms with E-state index in [2.05, 4.69) is 20.3 Å². The molecule has 0 aliphatic heterocycles. The molecule has 5 nitrogen and oxygen atoms in total. The van der Waals surface area contributed by atoms with E-state index in [4.69, 9.17) is 5.73 Å². The minimum Gasteiger partial charge on any atom is -0.399 e. The first-order chi connectivity index (χ1) is 12.9. The Hall–Kier alpha value is -2.87. The van der Waals surface area contributed by atoms with Gasteiger partial charge in [-0.25, -0.2) is 9.97 Å². The van der Waals surface area contributed by atoms with E-state index in [1.54, 1.807) is 0 Å². The number of nitrogen functional groups attached to an aromatic ring is 1. The molecule has 9 heteroatoms. The van der Waals surface area contributed by atoms with Gasteiger partial charge < -0.3 is 11.1 Å². The van der Waals surface area contributed by atoms with Crippen LogP contribution in [-0.4, -0.2) is 21.5 Å². The molecule has 0 saturated heterocycles. The van der Waals surface area contributed by atoms with Crippen LogP contribution in [0.1, 0.15) is 17.5 Å². The number of nitrogens with two attached hydrogens (primary N) is 1. The molecular formula is C19H19ClF3N5. The number of anilines is 2. The van der Waals surface area contributed by atoms with Crippen molar-refractivity contribution in [3.05, 3.63) is 66.1 Å². The van der Waals surface area contributed by atoms with E-state index in [0.717, 1.165) is 30.3 Å². The standard InChI is InChI=1S/C19H18F3N5.ClH/c20-19(21,22)15-12-26-18(27-17(15)14-7-10-24-11-8-14)25-9-3-5-13-4-1-2-6-16(13)23;/h1-2,4,6-8,10-12H,3,5,9,23H2,(H,25,26,27);1H. The number of nitrogens with zero attached hydrogens (tertiary/aromatic N) is 3. The van der Waals surface area contributed by atoms with Crippen molar-refractivity contribution in [2.45, 2.75) is 19.0 Å². The number of rotatable bonds is 6. The van der Waals surface area contributed by atoms with Gasteiger partial charge in [0.15, 0.2) is 0 Å². The number of nitrogens with one attached hydrogen (secondary N) is 1.